The van der Waals surface area contributed by atoms with Crippen molar-refractivity contribution in [2.75, 3.05) is 42.2 Å². The molecule has 1 fully saturated rings. The number of nitrogens with zero attached hydrogens (tertiary/aromatic N) is 4. The molecule has 0 radical (unpaired) electrons. The van der Waals surface area contributed by atoms with Gasteiger partial charge in [0.15, 0.2) is 17.9 Å². The molecule has 10 nitrogen and oxygen atoms in total. The summed E-state index contributed by atoms with van der Waals surface area (Å²) in [6.45, 7) is 3.92. The fraction of sp³-hybridized carbons (Fsp3) is 0.310. The summed E-state index contributed by atoms with van der Waals surface area (Å²) in [5.74, 6) is 0.610. The third kappa shape index (κ3) is 8.13. The minimum Gasteiger partial charge on any atom is -0.556 e. The average Bonchev–Trinajstić information content (AvgIpc) is 3.39. The molecule has 42 heavy (non-hydrogen) atoms. The van der Waals surface area contributed by atoms with Crippen LogP contribution < -0.4 is 77.5 Å². The van der Waals surface area contributed by atoms with Gasteiger partial charge in [0.25, 0.3) is 0 Å². The first-order chi connectivity index (χ1) is 19.7. The fourth-order valence-corrected chi connectivity index (χ4v) is 5.69. The number of carbonyl (C=O) groups excluding carboxylic acids is 1. The maximum Gasteiger partial charge on any atom is 1.00 e. The number of Topliss-reactive ketones (excluding diaryl/α,β-unsaturated/α-hetero) is 1. The van der Waals surface area contributed by atoms with Crippen molar-refractivity contribution in [3.63, 3.8) is 0 Å². The Morgan fingerprint density at radius 2 is 1.95 bits per heavy atom. The number of rotatable bonds is 10. The predicted octanol–water partition coefficient (Wildman–Crippen LogP) is 2.60. The molecule has 5 rings (SSSR count). The van der Waals surface area contributed by atoms with Crippen LogP contribution in [0.3, 0.4) is 0 Å². The molecule has 3 aromatic rings. The van der Waals surface area contributed by atoms with Gasteiger partial charge in [-0.15, -0.1) is 0 Å². The quantitative estimate of drug-likeness (QED) is 0.114. The van der Waals surface area contributed by atoms with Gasteiger partial charge in [-0.1, -0.05) is 47.6 Å². The summed E-state index contributed by atoms with van der Waals surface area (Å²) >= 11 is 8.02. The second-order valence-electron chi connectivity index (χ2n) is 10.4. The van der Waals surface area contributed by atoms with Crippen molar-refractivity contribution in [1.82, 2.24) is 9.88 Å². The number of likely N-dealkylation sites (N-methyl/N-ethyl adjacent to an activating group) is 1. The summed E-state index contributed by atoms with van der Waals surface area (Å²) in [5.41, 5.74) is 11.6. The van der Waals surface area contributed by atoms with E-state index in [1.165, 1.54) is 11.8 Å². The molecule has 13 heteroatoms. The third-order valence-corrected chi connectivity index (χ3v) is 8.61. The number of aliphatic hydroxyl groups excluding tert-OH is 1. The van der Waals surface area contributed by atoms with Gasteiger partial charge in [0.1, 0.15) is 10.8 Å². The van der Waals surface area contributed by atoms with E-state index in [9.17, 15) is 9.90 Å². The van der Waals surface area contributed by atoms with Gasteiger partial charge in [0, 0.05) is 36.3 Å². The van der Waals surface area contributed by atoms with Crippen LogP contribution in [0.25, 0.3) is 5.48 Å². The van der Waals surface area contributed by atoms with E-state index in [2.05, 4.69) is 27.9 Å². The van der Waals surface area contributed by atoms with Crippen LogP contribution in [0, 0.1) is 0 Å². The molecule has 0 amide bonds. The van der Waals surface area contributed by atoms with Crippen molar-refractivity contribution in [3.8, 4) is 5.75 Å². The Morgan fingerprint density at radius 3 is 2.67 bits per heavy atom. The van der Waals surface area contributed by atoms with Gasteiger partial charge in [0.2, 0.25) is 0 Å². The smallest absolute Gasteiger partial charge is 0.556 e. The van der Waals surface area contributed by atoms with Crippen molar-refractivity contribution in [2.45, 2.75) is 41.5 Å². The van der Waals surface area contributed by atoms with Crippen molar-refractivity contribution in [3.05, 3.63) is 83.1 Å². The van der Waals surface area contributed by atoms with Crippen molar-refractivity contribution < 1.29 is 66.1 Å². The maximum atomic E-state index is 12.7. The second kappa shape index (κ2) is 14.6. The number of fused-ring (bicyclic) bond motifs is 1. The largest absolute Gasteiger partial charge is 1.00 e. The molecule has 216 valence electrons. The number of anilines is 3. The molecular formula is C29H33ClKN7O3S. The van der Waals surface area contributed by atoms with Gasteiger partial charge in [-0.3, -0.25) is 9.69 Å². The van der Waals surface area contributed by atoms with Crippen molar-refractivity contribution >= 4 is 46.3 Å². The summed E-state index contributed by atoms with van der Waals surface area (Å²) in [5, 5.41) is 17.7. The number of halogens is 1. The van der Waals surface area contributed by atoms with Crippen molar-refractivity contribution in [1.29, 1.82) is 0 Å². The van der Waals surface area contributed by atoms with E-state index in [1.807, 2.05) is 48.5 Å². The maximum absolute atomic E-state index is 12.7. The monoisotopic (exact) mass is 633 g/mol. The zero-order valence-electron chi connectivity index (χ0n) is 23.9. The van der Waals surface area contributed by atoms with Crippen LogP contribution >= 0.6 is 23.4 Å². The molecule has 1 unspecified atom stereocenters. The molecule has 2 aromatic carbocycles. The summed E-state index contributed by atoms with van der Waals surface area (Å²) in [6.07, 6.45) is 2.49. The van der Waals surface area contributed by atoms with Gasteiger partial charge in [-0.2, -0.15) is 0 Å². The van der Waals surface area contributed by atoms with Gasteiger partial charge < -0.3 is 36.7 Å². The number of hydrogen-bond donors (Lipinski definition) is 4. The summed E-state index contributed by atoms with van der Waals surface area (Å²) in [7, 11) is 1.78. The number of carbonyl (C=O) groups is 1. The van der Waals surface area contributed by atoms with Crippen LogP contribution in [0.5, 0.6) is 5.75 Å². The van der Waals surface area contributed by atoms with E-state index < -0.39 is 5.78 Å². The number of ketones is 1. The number of aliphatic hydroxyl groups is 1. The van der Waals surface area contributed by atoms with Crippen molar-refractivity contribution in [2.24, 2.45) is 5.73 Å². The minimum absolute atomic E-state index is 0. The molecule has 0 aliphatic carbocycles. The zero-order chi connectivity index (χ0) is 29.0. The van der Waals surface area contributed by atoms with E-state index in [-0.39, 0.29) is 81.2 Å². The Morgan fingerprint density at radius 1 is 1.21 bits per heavy atom. The number of benzene rings is 2. The number of hydroxylamine groups is 1. The number of nitrogens with one attached hydrogen (secondary N) is 2. The first kappa shape index (κ1) is 32.9. The zero-order valence-corrected chi connectivity index (χ0v) is 28.6. The molecule has 1 aromatic heterocycles. The van der Waals surface area contributed by atoms with Crippen LogP contribution in [-0.2, 0) is 4.79 Å². The number of pyridine rings is 1. The van der Waals surface area contributed by atoms with Gasteiger partial charge in [-0.05, 0) is 61.9 Å². The first-order valence-electron chi connectivity index (χ1n) is 13.3. The number of likely N-dealkylation sites (tertiary alicyclic amines) is 1. The topological polar surface area (TPSA) is 130 Å². The van der Waals surface area contributed by atoms with Gasteiger partial charge >= 0.3 is 51.4 Å². The average molecular weight is 634 g/mol. The van der Waals surface area contributed by atoms with E-state index in [0.717, 1.165) is 48.1 Å². The van der Waals surface area contributed by atoms with Crippen LogP contribution in [-0.4, -0.2) is 59.3 Å². The van der Waals surface area contributed by atoms with Gasteiger partial charge in [0.05, 0.1) is 23.5 Å². The molecule has 5 N–H and O–H groups in total. The van der Waals surface area contributed by atoms with Crippen LogP contribution in [0.4, 0.5) is 17.2 Å². The van der Waals surface area contributed by atoms with Crippen LogP contribution in [0.15, 0.2) is 82.5 Å². The molecule has 1 saturated heterocycles. The molecule has 2 aliphatic heterocycles. The molecule has 1 atom stereocenters. The number of piperidine rings is 1. The second-order valence-corrected chi connectivity index (χ2v) is 11.8. The first-order valence-corrected chi connectivity index (χ1v) is 14.5. The Kier molecular flexibility index (Phi) is 11.5. The predicted molar refractivity (Wildman–Crippen MR) is 164 cm³/mol. The molecule has 0 saturated carbocycles. The Hall–Kier alpha value is -2.00. The summed E-state index contributed by atoms with van der Waals surface area (Å²) in [4.78, 5) is 27.8. The van der Waals surface area contributed by atoms with E-state index in [1.54, 1.807) is 24.1 Å². The number of para-hydroxylation sites is 1. The van der Waals surface area contributed by atoms with Gasteiger partial charge in [-0.25, -0.2) is 4.98 Å². The third-order valence-electron chi connectivity index (χ3n) is 7.11. The molecule has 2 aliphatic rings. The Bertz CT molecular complexity index is 1420. The SMILES string of the molecule is CN(CC(=O)/C(=C\O)[N-]Oc1cccc(Sc2ccc3c(n2)NC(N2CCC(C)(N)CC2)N3)c1Cl)c1ccccc1.[K+]. The van der Waals surface area contributed by atoms with Crippen LogP contribution in [0.2, 0.25) is 5.02 Å². The normalized spacial score (nSPS) is 17.7. The summed E-state index contributed by atoms with van der Waals surface area (Å²) < 4.78 is 0. The van der Waals surface area contributed by atoms with E-state index >= 15 is 0 Å². The van der Waals surface area contributed by atoms with E-state index in [0.29, 0.717) is 16.2 Å². The summed E-state index contributed by atoms with van der Waals surface area (Å²) in [6, 6.07) is 18.6. The number of hydrogen-bond acceptors (Lipinski definition) is 10. The standard InChI is InChI=1S/C29H33ClN7O3S.K/c1-29(31)13-15-37(16-14-29)28-32-20-11-12-25(33-27(20)34-28)41-24-10-6-9-23(26(24)30)40-35-21(18-38)22(39)17-36(2)19-7-4-3-5-8-19;/h3-12,18,28,32H,13-17,31H2,1-2H3,(H,33,34)(H,38,39);/q-1;+1. The minimum atomic E-state index is -0.413. The fourth-order valence-electron chi connectivity index (χ4n) is 4.58. The molecule has 3 heterocycles. The Balaban J connectivity index is 0.00000405. The Labute approximate surface area is 297 Å². The van der Waals surface area contributed by atoms with Crippen LogP contribution in [0.1, 0.15) is 19.8 Å². The number of aromatic nitrogens is 1. The molecular weight excluding hydrogens is 601 g/mol. The number of nitrogens with two attached hydrogens (primary N) is 1. The molecule has 0 spiro atoms. The molecule has 0 bridgehead atoms. The van der Waals surface area contributed by atoms with E-state index in [4.69, 9.17) is 27.2 Å².